The third kappa shape index (κ3) is 4.39. The maximum Gasteiger partial charge on any atom is 0.272 e. The van der Waals surface area contributed by atoms with Gasteiger partial charge in [0.25, 0.3) is 5.92 Å². The number of dihydropyridines is 1. The molecule has 1 aromatic carbocycles. The Kier molecular flexibility index (Phi) is 5.75. The highest BCUT2D eigenvalue weighted by Gasteiger charge is 2.34. The summed E-state index contributed by atoms with van der Waals surface area (Å²) in [5.41, 5.74) is 8.54. The maximum absolute atomic E-state index is 14.3. The van der Waals surface area contributed by atoms with Crippen molar-refractivity contribution in [2.45, 2.75) is 25.1 Å². The zero-order valence-corrected chi connectivity index (χ0v) is 18.0. The second kappa shape index (κ2) is 8.29. The van der Waals surface area contributed by atoms with Gasteiger partial charge in [0.2, 0.25) is 0 Å². The number of alkyl halides is 2. The fraction of sp³-hybridized carbons (Fsp3) is 0.238. The molecule has 0 bridgehead atoms. The SMILES string of the molecule is CC(F)(F)c1ccc(NCC(N)c2ccccc2)nc1C1=INC2NC=CC=C12. The van der Waals surface area contributed by atoms with Crippen LogP contribution in [0.25, 0.3) is 0 Å². The topological polar surface area (TPSA) is 75.0 Å². The van der Waals surface area contributed by atoms with Crippen LogP contribution in [0.1, 0.15) is 29.8 Å². The lowest BCUT2D eigenvalue weighted by molar-refractivity contribution is 0.0170. The van der Waals surface area contributed by atoms with Crippen molar-refractivity contribution in [2.24, 2.45) is 5.73 Å². The lowest BCUT2D eigenvalue weighted by Gasteiger charge is -2.21. The smallest absolute Gasteiger partial charge is 0.272 e. The first-order valence-electron chi connectivity index (χ1n) is 9.27. The fourth-order valence-electron chi connectivity index (χ4n) is 3.24. The highest BCUT2D eigenvalue weighted by molar-refractivity contribution is 14.2. The van der Waals surface area contributed by atoms with Gasteiger partial charge in [-0.05, 0) is 51.0 Å². The molecule has 5 nitrogen and oxygen atoms in total. The number of allylic oxidation sites excluding steroid dienone is 2. The highest BCUT2D eigenvalue weighted by atomic mass is 127. The molecule has 2 atom stereocenters. The Morgan fingerprint density at radius 3 is 2.79 bits per heavy atom. The standard InChI is InChI=1S/C21H22F2IN5/c1-21(22,23)15-9-10-17(27-12-16(25)13-6-3-2-4-7-13)28-19(15)18-14-8-5-11-26-20(14)29-24-18/h2-11,16,20,26,29H,12,25H2,1H3,(H,27,28). The van der Waals surface area contributed by atoms with Crippen molar-refractivity contribution in [3.8, 4) is 0 Å². The second-order valence-corrected chi connectivity index (χ2v) is 9.22. The van der Waals surface area contributed by atoms with E-state index in [-0.39, 0.29) is 17.8 Å². The minimum absolute atomic E-state index is 0.0361. The summed E-state index contributed by atoms with van der Waals surface area (Å²) in [4.78, 5) is 4.59. The van der Waals surface area contributed by atoms with Gasteiger partial charge in [0, 0.05) is 30.6 Å². The van der Waals surface area contributed by atoms with Gasteiger partial charge in [-0.3, -0.25) is 0 Å². The van der Waals surface area contributed by atoms with E-state index >= 15 is 0 Å². The number of nitrogens with zero attached hydrogens (tertiary/aromatic N) is 1. The molecule has 5 N–H and O–H groups in total. The largest absolute Gasteiger partial charge is 0.371 e. The lowest BCUT2D eigenvalue weighted by Crippen LogP contribution is -2.36. The number of nitrogens with one attached hydrogen (secondary N) is 3. The van der Waals surface area contributed by atoms with E-state index in [2.05, 4.69) is 19.1 Å². The van der Waals surface area contributed by atoms with Gasteiger partial charge in [0.05, 0.1) is 9.20 Å². The summed E-state index contributed by atoms with van der Waals surface area (Å²) in [6.45, 7) is 1.37. The first-order chi connectivity index (χ1) is 13.9. The van der Waals surface area contributed by atoms with E-state index in [9.17, 15) is 8.78 Å². The van der Waals surface area contributed by atoms with Crippen LogP contribution in [-0.2, 0) is 5.92 Å². The van der Waals surface area contributed by atoms with Gasteiger partial charge < -0.3 is 16.4 Å². The van der Waals surface area contributed by atoms with Crippen LogP contribution in [0.5, 0.6) is 0 Å². The van der Waals surface area contributed by atoms with Crippen LogP contribution in [0.2, 0.25) is 0 Å². The molecule has 0 fully saturated rings. The molecule has 2 unspecified atom stereocenters. The monoisotopic (exact) mass is 509 g/mol. The lowest BCUT2D eigenvalue weighted by atomic mass is 9.99. The van der Waals surface area contributed by atoms with E-state index < -0.39 is 26.9 Å². The molecule has 8 heteroatoms. The van der Waals surface area contributed by atoms with Gasteiger partial charge in [0.15, 0.2) is 0 Å². The molecular formula is C21H22F2IN5. The quantitative estimate of drug-likeness (QED) is 0.353. The highest BCUT2D eigenvalue weighted by Crippen LogP contribution is 2.35. The van der Waals surface area contributed by atoms with Gasteiger partial charge in [-0.1, -0.05) is 36.4 Å². The average Bonchev–Trinajstić information content (AvgIpc) is 3.16. The summed E-state index contributed by atoms with van der Waals surface area (Å²) in [7, 11) is 0. The number of anilines is 1. The average molecular weight is 509 g/mol. The molecule has 4 rings (SSSR count). The molecule has 0 aliphatic carbocycles. The Hall–Kier alpha value is -2.17. The number of pyridine rings is 1. The molecule has 0 saturated carbocycles. The molecule has 3 heterocycles. The molecule has 0 spiro atoms. The zero-order valence-electron chi connectivity index (χ0n) is 15.8. The van der Waals surface area contributed by atoms with Crippen molar-refractivity contribution < 1.29 is 8.78 Å². The van der Waals surface area contributed by atoms with E-state index in [1.165, 1.54) is 6.07 Å². The van der Waals surface area contributed by atoms with Crippen LogP contribution in [0.3, 0.4) is 0 Å². The van der Waals surface area contributed by atoms with Crippen LogP contribution in [-0.4, -0.2) is 21.2 Å². The normalized spacial score (nSPS) is 19.4. The van der Waals surface area contributed by atoms with E-state index in [1.54, 1.807) is 6.07 Å². The Bertz CT molecular complexity index is 982. The predicted molar refractivity (Wildman–Crippen MR) is 121 cm³/mol. The third-order valence-electron chi connectivity index (χ3n) is 4.76. The zero-order chi connectivity index (χ0) is 20.4. The number of benzene rings is 1. The van der Waals surface area contributed by atoms with Crippen LogP contribution in [0.4, 0.5) is 14.6 Å². The Morgan fingerprint density at radius 1 is 1.24 bits per heavy atom. The van der Waals surface area contributed by atoms with E-state index in [4.69, 9.17) is 5.73 Å². The van der Waals surface area contributed by atoms with Gasteiger partial charge in [0.1, 0.15) is 12.0 Å². The van der Waals surface area contributed by atoms with Crippen LogP contribution < -0.4 is 19.9 Å². The summed E-state index contributed by atoms with van der Waals surface area (Å²) >= 11 is -0.645. The molecule has 2 aliphatic heterocycles. The summed E-state index contributed by atoms with van der Waals surface area (Å²) in [5.74, 6) is -2.44. The Labute approximate surface area is 178 Å². The minimum atomic E-state index is -2.98. The summed E-state index contributed by atoms with van der Waals surface area (Å²) in [6, 6.07) is 12.6. The van der Waals surface area contributed by atoms with Gasteiger partial charge in [-0.2, -0.15) is 0 Å². The molecule has 1 aromatic heterocycles. The van der Waals surface area contributed by atoms with E-state index in [1.807, 2.05) is 48.7 Å². The fourth-order valence-corrected chi connectivity index (χ4v) is 5.84. The van der Waals surface area contributed by atoms with Crippen LogP contribution in [0, 0.1) is 0 Å². The number of hydrogen-bond acceptors (Lipinski definition) is 5. The Morgan fingerprint density at radius 2 is 2.03 bits per heavy atom. The number of nitrogens with two attached hydrogens (primary N) is 1. The minimum Gasteiger partial charge on any atom is -0.371 e. The number of rotatable bonds is 6. The molecule has 152 valence electrons. The summed E-state index contributed by atoms with van der Waals surface area (Å²) < 4.78 is 32.9. The second-order valence-electron chi connectivity index (χ2n) is 6.98. The van der Waals surface area contributed by atoms with Crippen molar-refractivity contribution in [1.82, 2.24) is 13.8 Å². The molecule has 0 radical (unpaired) electrons. The van der Waals surface area contributed by atoms with Crippen molar-refractivity contribution in [3.05, 3.63) is 83.2 Å². The molecule has 2 aromatic rings. The van der Waals surface area contributed by atoms with Crippen molar-refractivity contribution in [2.75, 3.05) is 11.9 Å². The summed E-state index contributed by atoms with van der Waals surface area (Å²) in [5, 5.41) is 6.42. The maximum atomic E-state index is 14.3. The number of aromatic nitrogens is 1. The number of hydrogen-bond donors (Lipinski definition) is 4. The van der Waals surface area contributed by atoms with Gasteiger partial charge >= 0.3 is 0 Å². The first-order valence-corrected chi connectivity index (χ1v) is 11.4. The molecule has 0 saturated heterocycles. The molecule has 29 heavy (non-hydrogen) atoms. The number of fused-ring (bicyclic) bond motifs is 1. The van der Waals surface area contributed by atoms with Crippen molar-refractivity contribution >= 4 is 30.3 Å². The first kappa shape index (κ1) is 20.1. The van der Waals surface area contributed by atoms with E-state index in [0.29, 0.717) is 18.1 Å². The van der Waals surface area contributed by atoms with E-state index in [0.717, 1.165) is 21.6 Å². The molecule has 2 aliphatic rings. The van der Waals surface area contributed by atoms with Gasteiger partial charge in [-0.25, -0.2) is 17.3 Å². The van der Waals surface area contributed by atoms with Crippen molar-refractivity contribution in [3.63, 3.8) is 0 Å². The third-order valence-corrected chi connectivity index (χ3v) is 7.37. The summed E-state index contributed by atoms with van der Waals surface area (Å²) in [6.07, 6.45) is 5.65. The van der Waals surface area contributed by atoms with Crippen LogP contribution in [0.15, 0.2) is 66.4 Å². The van der Waals surface area contributed by atoms with Gasteiger partial charge in [-0.15, -0.1) is 0 Å². The molecular weight excluding hydrogens is 487 g/mol. The number of halogens is 3. The van der Waals surface area contributed by atoms with Crippen LogP contribution >= 0.6 is 21.0 Å². The van der Waals surface area contributed by atoms with Crippen molar-refractivity contribution in [1.29, 1.82) is 0 Å². The predicted octanol–water partition coefficient (Wildman–Crippen LogP) is 3.68. The molecule has 0 amide bonds. The Balaban J connectivity index is 1.62.